The largest absolute Gasteiger partial charge is 0.463 e. The van der Waals surface area contributed by atoms with E-state index in [9.17, 15) is 4.79 Å². The Morgan fingerprint density at radius 3 is 2.77 bits per heavy atom. The van der Waals surface area contributed by atoms with Crippen LogP contribution in [0.25, 0.3) is 0 Å². The number of hydrogen-bond acceptors (Lipinski definition) is 2. The Kier molecular flexibility index (Phi) is 8.31. The molecule has 0 unspecified atom stereocenters. The molecule has 2 nitrogen and oxygen atoms in total. The molecule has 0 saturated carbocycles. The van der Waals surface area contributed by atoms with Crippen LogP contribution in [0.5, 0.6) is 0 Å². The highest BCUT2D eigenvalue weighted by Crippen LogP contribution is 2.00. The molecule has 0 fully saturated rings. The van der Waals surface area contributed by atoms with Gasteiger partial charge >= 0.3 is 5.97 Å². The number of carbonyl (C=O) groups excluding carboxylic acids is 1. The molecule has 0 aromatic heterocycles. The summed E-state index contributed by atoms with van der Waals surface area (Å²) in [6.45, 7) is 5.96. The summed E-state index contributed by atoms with van der Waals surface area (Å²) in [7, 11) is 0. The van der Waals surface area contributed by atoms with Crippen LogP contribution in [0, 0.1) is 0 Å². The third kappa shape index (κ3) is 8.86. The highest BCUT2D eigenvalue weighted by molar-refractivity contribution is 5.81. The number of carbonyl (C=O) groups is 1. The summed E-state index contributed by atoms with van der Waals surface area (Å²) in [5.41, 5.74) is 0. The molecule has 0 aliphatic carbocycles. The third-order valence-corrected chi connectivity index (χ3v) is 1.60. The lowest BCUT2D eigenvalue weighted by molar-refractivity contribution is -0.137. The lowest BCUT2D eigenvalue weighted by Gasteiger charge is -2.00. The van der Waals surface area contributed by atoms with Crippen molar-refractivity contribution in [3.63, 3.8) is 0 Å². The van der Waals surface area contributed by atoms with Crippen LogP contribution >= 0.6 is 0 Å². The van der Waals surface area contributed by atoms with E-state index < -0.39 is 0 Å². The molecule has 74 valence electrons. The van der Waals surface area contributed by atoms with Crippen LogP contribution in [-0.4, -0.2) is 12.6 Å². The lowest BCUT2D eigenvalue weighted by Crippen LogP contribution is -2.01. The van der Waals surface area contributed by atoms with Gasteiger partial charge in [0.1, 0.15) is 0 Å². The van der Waals surface area contributed by atoms with Crippen LogP contribution in [0.4, 0.5) is 0 Å². The van der Waals surface area contributed by atoms with Gasteiger partial charge in [-0.1, -0.05) is 12.2 Å². The Balaban J connectivity index is 3.15. The topological polar surface area (TPSA) is 26.3 Å². The number of hydrogen-bond donors (Lipinski definition) is 0. The first-order valence-electron chi connectivity index (χ1n) is 4.71. The molecule has 0 N–H and O–H groups in total. The minimum atomic E-state index is -0.244. The summed E-state index contributed by atoms with van der Waals surface area (Å²) in [6.07, 6.45) is 9.23. The van der Waals surface area contributed by atoms with E-state index in [4.69, 9.17) is 4.74 Å². The second kappa shape index (κ2) is 9.04. The fourth-order valence-electron chi connectivity index (χ4n) is 0.924. The number of rotatable bonds is 7. The summed E-state index contributed by atoms with van der Waals surface area (Å²) in [6, 6.07) is 0. The normalized spacial score (nSPS) is 10.2. The van der Waals surface area contributed by atoms with Crippen LogP contribution in [0.1, 0.15) is 32.6 Å². The molecule has 0 aliphatic rings. The van der Waals surface area contributed by atoms with E-state index in [1.54, 1.807) is 13.0 Å². The maximum absolute atomic E-state index is 10.8. The van der Waals surface area contributed by atoms with Crippen molar-refractivity contribution in [3.8, 4) is 0 Å². The molecule has 0 rings (SSSR count). The van der Waals surface area contributed by atoms with Gasteiger partial charge in [-0.05, 0) is 32.6 Å². The van der Waals surface area contributed by atoms with E-state index in [0.717, 1.165) is 25.7 Å². The van der Waals surface area contributed by atoms with E-state index in [2.05, 4.69) is 6.58 Å². The highest BCUT2D eigenvalue weighted by atomic mass is 16.5. The molecule has 0 spiro atoms. The van der Waals surface area contributed by atoms with Gasteiger partial charge < -0.3 is 4.74 Å². The van der Waals surface area contributed by atoms with Crippen molar-refractivity contribution in [2.75, 3.05) is 6.61 Å². The van der Waals surface area contributed by atoms with Gasteiger partial charge in [0.25, 0.3) is 0 Å². The van der Waals surface area contributed by atoms with Gasteiger partial charge in [0.2, 0.25) is 0 Å². The highest BCUT2D eigenvalue weighted by Gasteiger charge is 1.94. The number of allylic oxidation sites excluding steroid dienone is 2. The zero-order chi connectivity index (χ0) is 9.94. The summed E-state index contributed by atoms with van der Waals surface area (Å²) in [5, 5.41) is 0. The van der Waals surface area contributed by atoms with Gasteiger partial charge in [-0.2, -0.15) is 0 Å². The van der Waals surface area contributed by atoms with Crippen molar-refractivity contribution in [2.45, 2.75) is 32.6 Å². The van der Waals surface area contributed by atoms with Crippen molar-refractivity contribution < 1.29 is 9.53 Å². The van der Waals surface area contributed by atoms with Crippen LogP contribution < -0.4 is 0 Å². The summed E-state index contributed by atoms with van der Waals surface area (Å²) < 4.78 is 4.91. The Morgan fingerprint density at radius 2 is 2.15 bits per heavy atom. The third-order valence-electron chi connectivity index (χ3n) is 1.60. The first kappa shape index (κ1) is 11.9. The summed E-state index contributed by atoms with van der Waals surface area (Å²) >= 11 is 0. The average Bonchev–Trinajstić information content (AvgIpc) is 2.11. The molecule has 0 saturated heterocycles. The molecule has 2 heteroatoms. The molecular weight excluding hydrogens is 164 g/mol. The molecule has 0 amide bonds. The Morgan fingerprint density at radius 1 is 1.38 bits per heavy atom. The minimum absolute atomic E-state index is 0.244. The van der Waals surface area contributed by atoms with Gasteiger partial charge in [0.05, 0.1) is 6.61 Å². The minimum Gasteiger partial charge on any atom is -0.463 e. The quantitative estimate of drug-likeness (QED) is 0.262. The predicted molar refractivity (Wildman–Crippen MR) is 54.4 cm³/mol. The second-order valence-corrected chi connectivity index (χ2v) is 2.81. The van der Waals surface area contributed by atoms with Crippen LogP contribution in [-0.2, 0) is 9.53 Å². The lowest BCUT2D eigenvalue weighted by atomic mass is 10.2. The summed E-state index contributed by atoms with van der Waals surface area (Å²) in [4.78, 5) is 10.8. The molecule has 0 aromatic carbocycles. The first-order valence-corrected chi connectivity index (χ1v) is 4.71. The standard InChI is InChI=1S/C11H18O2/c1-3-5-6-7-8-10-13-11(12)9-4-2/h3-4,9H,1,5-8,10H2,2H3. The molecule has 0 bridgehead atoms. The second-order valence-electron chi connectivity index (χ2n) is 2.81. The molecule has 13 heavy (non-hydrogen) atoms. The van der Waals surface area contributed by atoms with Crippen LogP contribution in [0.15, 0.2) is 24.8 Å². The predicted octanol–water partition coefficient (Wildman–Crippen LogP) is 2.85. The monoisotopic (exact) mass is 182 g/mol. The van der Waals surface area contributed by atoms with Gasteiger partial charge in [-0.3, -0.25) is 0 Å². The van der Waals surface area contributed by atoms with Gasteiger partial charge in [0, 0.05) is 6.08 Å². The van der Waals surface area contributed by atoms with Gasteiger partial charge in [0.15, 0.2) is 0 Å². The number of ether oxygens (including phenoxy) is 1. The number of unbranched alkanes of at least 4 members (excludes halogenated alkanes) is 3. The van der Waals surface area contributed by atoms with Crippen molar-refractivity contribution in [1.82, 2.24) is 0 Å². The van der Waals surface area contributed by atoms with E-state index in [-0.39, 0.29) is 5.97 Å². The van der Waals surface area contributed by atoms with Crippen molar-refractivity contribution >= 4 is 5.97 Å². The van der Waals surface area contributed by atoms with Crippen molar-refractivity contribution in [1.29, 1.82) is 0 Å². The smallest absolute Gasteiger partial charge is 0.330 e. The zero-order valence-corrected chi connectivity index (χ0v) is 8.29. The molecule has 0 radical (unpaired) electrons. The van der Waals surface area contributed by atoms with E-state index in [1.165, 1.54) is 6.08 Å². The Labute approximate surface area is 80.3 Å². The van der Waals surface area contributed by atoms with E-state index in [0.29, 0.717) is 6.61 Å². The van der Waals surface area contributed by atoms with Gasteiger partial charge in [-0.15, -0.1) is 6.58 Å². The fraction of sp³-hybridized carbons (Fsp3) is 0.545. The van der Waals surface area contributed by atoms with Crippen LogP contribution in [0.2, 0.25) is 0 Å². The fourth-order valence-corrected chi connectivity index (χ4v) is 0.924. The van der Waals surface area contributed by atoms with Gasteiger partial charge in [-0.25, -0.2) is 4.79 Å². The van der Waals surface area contributed by atoms with Crippen molar-refractivity contribution in [3.05, 3.63) is 24.8 Å². The average molecular weight is 182 g/mol. The molecule has 0 atom stereocenters. The van der Waals surface area contributed by atoms with E-state index >= 15 is 0 Å². The van der Waals surface area contributed by atoms with E-state index in [1.807, 2.05) is 6.08 Å². The molecule has 0 heterocycles. The molecule has 0 aromatic rings. The summed E-state index contributed by atoms with van der Waals surface area (Å²) in [5.74, 6) is -0.244. The SMILES string of the molecule is C=CCCCCCOC(=O)C=CC. The number of esters is 1. The zero-order valence-electron chi connectivity index (χ0n) is 8.29. The molecule has 0 aliphatic heterocycles. The maximum Gasteiger partial charge on any atom is 0.330 e. The Hall–Kier alpha value is -1.05. The Bertz CT molecular complexity index is 171. The first-order chi connectivity index (χ1) is 6.31. The maximum atomic E-state index is 10.8. The van der Waals surface area contributed by atoms with Crippen LogP contribution in [0.3, 0.4) is 0 Å². The molecular formula is C11H18O2. The van der Waals surface area contributed by atoms with Crippen molar-refractivity contribution in [2.24, 2.45) is 0 Å².